The molecule has 1 N–H and O–H groups in total. The van der Waals surface area contributed by atoms with Gasteiger partial charge in [-0.05, 0) is 62.1 Å². The molecule has 0 unspecified atom stereocenters. The molecule has 26 heavy (non-hydrogen) atoms. The third-order valence-electron chi connectivity index (χ3n) is 5.64. The number of benzene rings is 2. The summed E-state index contributed by atoms with van der Waals surface area (Å²) in [5, 5.41) is 11.9. The van der Waals surface area contributed by atoms with Crippen molar-refractivity contribution in [1.29, 1.82) is 0 Å². The van der Waals surface area contributed by atoms with Gasteiger partial charge in [0, 0.05) is 12.0 Å². The van der Waals surface area contributed by atoms with Gasteiger partial charge in [-0.2, -0.15) is 4.90 Å². The van der Waals surface area contributed by atoms with Crippen LogP contribution in [0.15, 0.2) is 48.5 Å². The molecule has 2 aliphatic rings. The monoisotopic (exact) mass is 351 g/mol. The molecule has 136 valence electrons. The van der Waals surface area contributed by atoms with Crippen LogP contribution in [0.3, 0.4) is 0 Å². The summed E-state index contributed by atoms with van der Waals surface area (Å²) in [6.07, 6.45) is 4.62. The number of amidine groups is 1. The Morgan fingerprint density at radius 2 is 1.81 bits per heavy atom. The first-order valence-corrected chi connectivity index (χ1v) is 9.47. The molecule has 4 rings (SSSR count). The summed E-state index contributed by atoms with van der Waals surface area (Å²) < 4.78 is 7.67. The van der Waals surface area contributed by atoms with Crippen LogP contribution in [0.2, 0.25) is 0 Å². The molecule has 1 atom stereocenters. The van der Waals surface area contributed by atoms with E-state index in [1.807, 2.05) is 24.3 Å². The van der Waals surface area contributed by atoms with Crippen molar-refractivity contribution in [2.45, 2.75) is 38.3 Å². The van der Waals surface area contributed by atoms with Gasteiger partial charge in [0.05, 0.1) is 13.7 Å². The van der Waals surface area contributed by atoms with Crippen molar-refractivity contribution in [1.82, 2.24) is 0 Å². The Labute approximate surface area is 155 Å². The molecular formula is C22H27N2O2+. The fraction of sp³-hybridized carbons (Fsp3) is 0.409. The largest absolute Gasteiger partial charge is 0.497 e. The van der Waals surface area contributed by atoms with Crippen molar-refractivity contribution < 1.29 is 14.4 Å². The summed E-state index contributed by atoms with van der Waals surface area (Å²) in [5.41, 5.74) is 2.11. The number of aliphatic hydroxyl groups is 1. The first-order valence-electron chi connectivity index (χ1n) is 9.47. The van der Waals surface area contributed by atoms with Crippen molar-refractivity contribution in [3.63, 3.8) is 0 Å². The molecule has 0 spiro atoms. The molecule has 0 aliphatic carbocycles. The maximum atomic E-state index is 11.9. The predicted octanol–water partition coefficient (Wildman–Crippen LogP) is 3.65. The standard InChI is InChI=1S/C22H27N2O2/c1-17-8-5-6-9-20(17)24-21-10-4-3-7-15-23(21)16-22(24,25)18-11-13-19(26-2)14-12-18/h5-6,8-9,11-14,25H,3-4,7,10,15-16H2,1-2H3/q+1/t22-/m0/s1. The number of rotatable bonds is 3. The number of hydrogen-bond acceptors (Lipinski definition) is 3. The lowest BCUT2D eigenvalue weighted by Gasteiger charge is -2.30. The van der Waals surface area contributed by atoms with Crippen molar-refractivity contribution in [3.8, 4) is 5.75 Å². The van der Waals surface area contributed by atoms with Crippen LogP contribution in [0.1, 0.15) is 36.8 Å². The smallest absolute Gasteiger partial charge is 0.275 e. The SMILES string of the molecule is COc1ccc([C@@]2(O)C[N+]3=C(CCCCC3)N2c2ccccc2C)cc1. The average Bonchev–Trinajstić information content (AvgIpc) is 2.80. The van der Waals surface area contributed by atoms with Gasteiger partial charge in [-0.15, -0.1) is 0 Å². The first-order chi connectivity index (χ1) is 12.6. The van der Waals surface area contributed by atoms with Crippen molar-refractivity contribution in [2.24, 2.45) is 0 Å². The van der Waals surface area contributed by atoms with Crippen LogP contribution < -0.4 is 9.64 Å². The summed E-state index contributed by atoms with van der Waals surface area (Å²) in [7, 11) is 1.67. The van der Waals surface area contributed by atoms with Crippen LogP contribution in [-0.4, -0.2) is 35.7 Å². The maximum absolute atomic E-state index is 11.9. The highest BCUT2D eigenvalue weighted by molar-refractivity contribution is 5.97. The third kappa shape index (κ3) is 2.78. The third-order valence-corrected chi connectivity index (χ3v) is 5.64. The second-order valence-electron chi connectivity index (χ2n) is 7.32. The molecule has 0 fully saturated rings. The Morgan fingerprint density at radius 3 is 2.54 bits per heavy atom. The molecule has 2 aliphatic heterocycles. The number of ether oxygens (including phenoxy) is 1. The molecular weight excluding hydrogens is 324 g/mol. The van der Waals surface area contributed by atoms with Crippen LogP contribution in [0.4, 0.5) is 5.69 Å². The number of aryl methyl sites for hydroxylation is 1. The van der Waals surface area contributed by atoms with E-state index in [0.717, 1.165) is 30.0 Å². The van der Waals surface area contributed by atoms with E-state index >= 15 is 0 Å². The minimum absolute atomic E-state index is 0.600. The average molecular weight is 351 g/mol. The molecule has 4 nitrogen and oxygen atoms in total. The zero-order valence-corrected chi connectivity index (χ0v) is 15.6. The molecule has 0 bridgehead atoms. The second kappa shape index (κ2) is 6.76. The number of anilines is 1. The predicted molar refractivity (Wildman–Crippen MR) is 104 cm³/mol. The number of hydrogen-bond donors (Lipinski definition) is 1. The van der Waals surface area contributed by atoms with E-state index in [9.17, 15) is 5.11 Å². The van der Waals surface area contributed by atoms with Gasteiger partial charge in [0.1, 0.15) is 11.4 Å². The first kappa shape index (κ1) is 17.1. The molecule has 2 aromatic rings. The van der Waals surface area contributed by atoms with Gasteiger partial charge in [0.25, 0.3) is 11.6 Å². The normalized spacial score (nSPS) is 23.0. The highest BCUT2D eigenvalue weighted by Gasteiger charge is 2.54. The van der Waals surface area contributed by atoms with Crippen LogP contribution >= 0.6 is 0 Å². The molecule has 0 amide bonds. The zero-order chi connectivity index (χ0) is 18.1. The summed E-state index contributed by atoms with van der Waals surface area (Å²) in [6, 6.07) is 16.2. The van der Waals surface area contributed by atoms with E-state index in [2.05, 4.69) is 40.7 Å². The molecule has 0 aromatic heterocycles. The highest BCUT2D eigenvalue weighted by Crippen LogP contribution is 2.39. The Balaban J connectivity index is 1.84. The number of para-hydroxylation sites is 1. The molecule has 4 heteroatoms. The zero-order valence-electron chi connectivity index (χ0n) is 15.6. The van der Waals surface area contributed by atoms with Gasteiger partial charge in [0.2, 0.25) is 0 Å². The van der Waals surface area contributed by atoms with E-state index in [-0.39, 0.29) is 0 Å². The summed E-state index contributed by atoms with van der Waals surface area (Å²) >= 11 is 0. The Kier molecular flexibility index (Phi) is 4.45. The molecule has 0 saturated heterocycles. The van der Waals surface area contributed by atoms with Crippen molar-refractivity contribution in [3.05, 3.63) is 59.7 Å². The van der Waals surface area contributed by atoms with Crippen molar-refractivity contribution >= 4 is 11.5 Å². The summed E-state index contributed by atoms with van der Waals surface area (Å²) in [5.74, 6) is 2.05. The highest BCUT2D eigenvalue weighted by atomic mass is 16.5. The van der Waals surface area contributed by atoms with Crippen LogP contribution in [-0.2, 0) is 5.72 Å². The Bertz CT molecular complexity index is 828. The molecule has 2 aromatic carbocycles. The maximum Gasteiger partial charge on any atom is 0.275 e. The minimum atomic E-state index is -1.06. The summed E-state index contributed by atoms with van der Waals surface area (Å²) in [6.45, 7) is 3.73. The quantitative estimate of drug-likeness (QED) is 0.858. The minimum Gasteiger partial charge on any atom is -0.497 e. The Hall–Kier alpha value is -2.33. The van der Waals surface area contributed by atoms with Crippen LogP contribution in [0, 0.1) is 6.92 Å². The van der Waals surface area contributed by atoms with E-state index < -0.39 is 5.72 Å². The van der Waals surface area contributed by atoms with Crippen LogP contribution in [0.25, 0.3) is 0 Å². The van der Waals surface area contributed by atoms with E-state index in [4.69, 9.17) is 4.74 Å². The summed E-state index contributed by atoms with van der Waals surface area (Å²) in [4.78, 5) is 2.18. The second-order valence-corrected chi connectivity index (χ2v) is 7.32. The fourth-order valence-electron chi connectivity index (χ4n) is 4.25. The van der Waals surface area contributed by atoms with E-state index in [0.29, 0.717) is 6.54 Å². The fourth-order valence-corrected chi connectivity index (χ4v) is 4.25. The van der Waals surface area contributed by atoms with Gasteiger partial charge in [-0.25, -0.2) is 0 Å². The molecule has 2 heterocycles. The van der Waals surface area contributed by atoms with Gasteiger partial charge < -0.3 is 9.84 Å². The molecule has 0 radical (unpaired) electrons. The van der Waals surface area contributed by atoms with Crippen molar-refractivity contribution in [2.75, 3.05) is 25.1 Å². The lowest BCUT2D eigenvalue weighted by molar-refractivity contribution is -0.534. The number of nitrogens with zero attached hydrogens (tertiary/aromatic N) is 2. The Morgan fingerprint density at radius 1 is 1.04 bits per heavy atom. The lowest BCUT2D eigenvalue weighted by atomic mass is 9.99. The van der Waals surface area contributed by atoms with E-state index in [1.54, 1.807) is 7.11 Å². The van der Waals surface area contributed by atoms with E-state index in [1.165, 1.54) is 30.7 Å². The lowest BCUT2D eigenvalue weighted by Crippen LogP contribution is -2.47. The van der Waals surface area contributed by atoms with Gasteiger partial charge in [-0.1, -0.05) is 18.2 Å². The molecule has 0 saturated carbocycles. The van der Waals surface area contributed by atoms with Gasteiger partial charge in [-0.3, -0.25) is 4.58 Å². The van der Waals surface area contributed by atoms with Gasteiger partial charge >= 0.3 is 0 Å². The topological polar surface area (TPSA) is 35.7 Å². The van der Waals surface area contributed by atoms with Gasteiger partial charge in [0.15, 0.2) is 6.54 Å². The van der Waals surface area contributed by atoms with Crippen LogP contribution in [0.5, 0.6) is 5.75 Å². The number of methoxy groups -OCH3 is 1.